The Bertz CT molecular complexity index is 301. The van der Waals surface area contributed by atoms with Crippen LogP contribution in [0.1, 0.15) is 25.0 Å². The molecule has 0 amide bonds. The number of hydrogen-bond acceptors (Lipinski definition) is 3. The van der Waals surface area contributed by atoms with Crippen LogP contribution in [0.15, 0.2) is 6.20 Å². The number of aromatic nitrogens is 2. The summed E-state index contributed by atoms with van der Waals surface area (Å²) in [4.78, 5) is 0. The van der Waals surface area contributed by atoms with Gasteiger partial charge in [-0.25, -0.2) is 0 Å². The van der Waals surface area contributed by atoms with E-state index in [4.69, 9.17) is 22.1 Å². The molecular formula is C10H18ClN3O. The lowest BCUT2D eigenvalue weighted by atomic mass is 10.0. The van der Waals surface area contributed by atoms with Crippen LogP contribution in [0, 0.1) is 0 Å². The number of halogens is 1. The minimum atomic E-state index is 0.335. The van der Waals surface area contributed by atoms with Crippen molar-refractivity contribution in [1.82, 2.24) is 9.78 Å². The summed E-state index contributed by atoms with van der Waals surface area (Å²) in [5, 5.41) is 4.94. The minimum absolute atomic E-state index is 0.335. The first-order valence-corrected chi connectivity index (χ1v) is 5.48. The fourth-order valence-corrected chi connectivity index (χ4v) is 1.93. The second-order valence-corrected chi connectivity index (χ2v) is 3.98. The summed E-state index contributed by atoms with van der Waals surface area (Å²) in [7, 11) is 1.67. The number of nitrogens with two attached hydrogens (primary N) is 1. The van der Waals surface area contributed by atoms with Gasteiger partial charge in [-0.1, -0.05) is 18.5 Å². The van der Waals surface area contributed by atoms with E-state index in [1.807, 2.05) is 4.68 Å². The third-order valence-corrected chi connectivity index (χ3v) is 2.70. The van der Waals surface area contributed by atoms with Gasteiger partial charge >= 0.3 is 0 Å². The molecule has 0 radical (unpaired) electrons. The molecule has 15 heavy (non-hydrogen) atoms. The molecule has 0 saturated carbocycles. The Hall–Kier alpha value is -0.580. The molecule has 1 heterocycles. The highest BCUT2D eigenvalue weighted by Gasteiger charge is 2.15. The lowest BCUT2D eigenvalue weighted by molar-refractivity contribution is 0.182. The lowest BCUT2D eigenvalue weighted by Gasteiger charge is -2.13. The number of methoxy groups -OCH3 is 1. The molecule has 0 aliphatic rings. The third-order valence-electron chi connectivity index (χ3n) is 2.41. The second-order valence-electron chi connectivity index (χ2n) is 3.57. The summed E-state index contributed by atoms with van der Waals surface area (Å²) < 4.78 is 6.92. The first-order valence-electron chi connectivity index (χ1n) is 5.11. The molecule has 1 aromatic rings. The number of rotatable bonds is 6. The molecule has 0 saturated heterocycles. The second kappa shape index (κ2) is 6.10. The Balaban J connectivity index is 2.78. The summed E-state index contributed by atoms with van der Waals surface area (Å²) in [5.41, 5.74) is 6.59. The van der Waals surface area contributed by atoms with Crippen molar-refractivity contribution in [3.63, 3.8) is 0 Å². The van der Waals surface area contributed by atoms with Crippen molar-refractivity contribution in [2.24, 2.45) is 5.73 Å². The zero-order valence-electron chi connectivity index (χ0n) is 9.24. The Morgan fingerprint density at radius 3 is 3.00 bits per heavy atom. The molecule has 86 valence electrons. The monoisotopic (exact) mass is 231 g/mol. The average Bonchev–Trinajstić information content (AvgIpc) is 2.57. The van der Waals surface area contributed by atoms with E-state index in [1.54, 1.807) is 13.3 Å². The maximum absolute atomic E-state index is 6.09. The maximum Gasteiger partial charge on any atom is 0.0820 e. The quantitative estimate of drug-likeness (QED) is 0.810. The van der Waals surface area contributed by atoms with E-state index >= 15 is 0 Å². The zero-order chi connectivity index (χ0) is 11.3. The summed E-state index contributed by atoms with van der Waals surface area (Å²) in [5.74, 6) is 0.335. The highest BCUT2D eigenvalue weighted by Crippen LogP contribution is 2.26. The van der Waals surface area contributed by atoms with Gasteiger partial charge in [-0.05, 0) is 13.0 Å². The normalized spacial score (nSPS) is 13.1. The molecule has 1 rings (SSSR count). The van der Waals surface area contributed by atoms with Crippen LogP contribution in [0.4, 0.5) is 0 Å². The molecule has 2 N–H and O–H groups in total. The van der Waals surface area contributed by atoms with Crippen molar-refractivity contribution >= 4 is 11.6 Å². The van der Waals surface area contributed by atoms with Crippen LogP contribution in [0.3, 0.4) is 0 Å². The molecule has 1 unspecified atom stereocenters. The molecule has 0 aromatic carbocycles. The Morgan fingerprint density at radius 2 is 2.40 bits per heavy atom. The van der Waals surface area contributed by atoms with Gasteiger partial charge in [0, 0.05) is 13.0 Å². The lowest BCUT2D eigenvalue weighted by Crippen LogP contribution is -2.13. The maximum atomic E-state index is 6.09. The Kier molecular flexibility index (Phi) is 5.08. The highest BCUT2D eigenvalue weighted by molar-refractivity contribution is 6.31. The van der Waals surface area contributed by atoms with Crippen LogP contribution in [-0.2, 0) is 11.3 Å². The van der Waals surface area contributed by atoms with Crippen molar-refractivity contribution in [3.8, 4) is 0 Å². The van der Waals surface area contributed by atoms with Crippen LogP contribution < -0.4 is 5.73 Å². The minimum Gasteiger partial charge on any atom is -0.383 e. The van der Waals surface area contributed by atoms with Crippen molar-refractivity contribution in [2.75, 3.05) is 20.3 Å². The highest BCUT2D eigenvalue weighted by atomic mass is 35.5. The predicted molar refractivity (Wildman–Crippen MR) is 61.2 cm³/mol. The van der Waals surface area contributed by atoms with Crippen LogP contribution in [-0.4, -0.2) is 30.0 Å². The smallest absolute Gasteiger partial charge is 0.0820 e. The van der Waals surface area contributed by atoms with Crippen molar-refractivity contribution < 1.29 is 4.74 Å². The van der Waals surface area contributed by atoms with Gasteiger partial charge in [0.1, 0.15) is 0 Å². The largest absolute Gasteiger partial charge is 0.383 e. The summed E-state index contributed by atoms with van der Waals surface area (Å²) >= 11 is 6.09. The van der Waals surface area contributed by atoms with Crippen LogP contribution in [0.25, 0.3) is 0 Å². The molecule has 0 bridgehead atoms. The van der Waals surface area contributed by atoms with Crippen LogP contribution in [0.2, 0.25) is 5.02 Å². The predicted octanol–water partition coefficient (Wildman–Crippen LogP) is 1.64. The van der Waals surface area contributed by atoms with Crippen molar-refractivity contribution in [2.45, 2.75) is 25.8 Å². The van der Waals surface area contributed by atoms with Crippen LogP contribution in [0.5, 0.6) is 0 Å². The first kappa shape index (κ1) is 12.5. The fraction of sp³-hybridized carbons (Fsp3) is 0.700. The molecule has 4 nitrogen and oxygen atoms in total. The van der Waals surface area contributed by atoms with E-state index in [0.29, 0.717) is 24.1 Å². The van der Waals surface area contributed by atoms with E-state index in [-0.39, 0.29) is 0 Å². The molecular weight excluding hydrogens is 214 g/mol. The number of nitrogens with zero attached hydrogens (tertiary/aromatic N) is 2. The van der Waals surface area contributed by atoms with Crippen molar-refractivity contribution in [3.05, 3.63) is 16.9 Å². The van der Waals surface area contributed by atoms with Gasteiger partial charge in [-0.2, -0.15) is 5.10 Å². The molecule has 0 spiro atoms. The fourth-order valence-electron chi connectivity index (χ4n) is 1.60. The average molecular weight is 232 g/mol. The van der Waals surface area contributed by atoms with Gasteiger partial charge in [0.25, 0.3) is 0 Å². The van der Waals surface area contributed by atoms with E-state index in [9.17, 15) is 0 Å². The van der Waals surface area contributed by atoms with Crippen LogP contribution >= 0.6 is 11.6 Å². The first-order chi connectivity index (χ1) is 7.20. The summed E-state index contributed by atoms with van der Waals surface area (Å²) in [6.07, 6.45) is 2.60. The molecule has 0 aliphatic carbocycles. The number of ether oxygens (including phenoxy) is 1. The molecule has 1 aromatic heterocycles. The van der Waals surface area contributed by atoms with E-state index in [2.05, 4.69) is 12.0 Å². The van der Waals surface area contributed by atoms with Gasteiger partial charge < -0.3 is 10.5 Å². The van der Waals surface area contributed by atoms with Gasteiger partial charge in [-0.3, -0.25) is 4.68 Å². The van der Waals surface area contributed by atoms with Crippen molar-refractivity contribution in [1.29, 1.82) is 0 Å². The standard InChI is InChI=1S/C10H18ClN3O/c1-8(3-4-12)10-9(11)7-13-14(10)5-6-15-2/h7-8H,3-6,12H2,1-2H3. The third kappa shape index (κ3) is 3.19. The Morgan fingerprint density at radius 1 is 1.67 bits per heavy atom. The Labute approximate surface area is 95.3 Å². The topological polar surface area (TPSA) is 53.1 Å². The summed E-state index contributed by atoms with van der Waals surface area (Å²) in [6, 6.07) is 0. The van der Waals surface area contributed by atoms with Gasteiger partial charge in [0.05, 0.1) is 30.1 Å². The molecule has 0 aliphatic heterocycles. The molecule has 1 atom stereocenters. The van der Waals surface area contributed by atoms with E-state index in [0.717, 1.165) is 18.7 Å². The van der Waals surface area contributed by atoms with Gasteiger partial charge in [0.2, 0.25) is 0 Å². The number of hydrogen-bond donors (Lipinski definition) is 1. The zero-order valence-corrected chi connectivity index (χ0v) is 10.00. The van der Waals surface area contributed by atoms with Gasteiger partial charge in [-0.15, -0.1) is 0 Å². The molecule has 5 heteroatoms. The SMILES string of the molecule is COCCn1ncc(Cl)c1C(C)CCN. The van der Waals surface area contributed by atoms with E-state index < -0.39 is 0 Å². The van der Waals surface area contributed by atoms with Gasteiger partial charge in [0.15, 0.2) is 0 Å². The van der Waals surface area contributed by atoms with E-state index in [1.165, 1.54) is 0 Å². The summed E-state index contributed by atoms with van der Waals surface area (Å²) in [6.45, 7) is 4.14. The molecule has 0 fully saturated rings.